The first-order chi connectivity index (χ1) is 9.06. The SMILES string of the molecule is CCCCCCC=NNS(=O)(=O)c1ccc(Cl)cc1. The molecule has 0 saturated heterocycles. The Bertz CT molecular complexity index is 498. The van der Waals surface area contributed by atoms with Crippen LogP contribution in [0.25, 0.3) is 0 Å². The van der Waals surface area contributed by atoms with E-state index in [1.165, 1.54) is 37.1 Å². The number of hydrazone groups is 1. The Hall–Kier alpha value is -1.07. The Labute approximate surface area is 119 Å². The van der Waals surface area contributed by atoms with Crippen LogP contribution in [0.4, 0.5) is 0 Å². The Balaban J connectivity index is 2.43. The predicted octanol–water partition coefficient (Wildman–Crippen LogP) is 3.57. The number of hydrogen-bond donors (Lipinski definition) is 1. The van der Waals surface area contributed by atoms with Crippen molar-refractivity contribution in [2.24, 2.45) is 5.10 Å². The molecule has 0 atom stereocenters. The molecule has 0 amide bonds. The Morgan fingerprint density at radius 3 is 2.53 bits per heavy atom. The summed E-state index contributed by atoms with van der Waals surface area (Å²) in [5.41, 5.74) is 0. The third-order valence-electron chi connectivity index (χ3n) is 2.57. The fourth-order valence-corrected chi connectivity index (χ4v) is 2.44. The van der Waals surface area contributed by atoms with Crippen LogP contribution < -0.4 is 4.83 Å². The molecule has 1 rings (SSSR count). The van der Waals surface area contributed by atoms with Gasteiger partial charge < -0.3 is 0 Å². The highest BCUT2D eigenvalue weighted by Gasteiger charge is 2.11. The summed E-state index contributed by atoms with van der Waals surface area (Å²) in [6.07, 6.45) is 6.93. The van der Waals surface area contributed by atoms with Crippen LogP contribution in [0, 0.1) is 0 Å². The average Bonchev–Trinajstić information content (AvgIpc) is 2.38. The van der Waals surface area contributed by atoms with Crippen molar-refractivity contribution in [1.82, 2.24) is 4.83 Å². The van der Waals surface area contributed by atoms with E-state index in [2.05, 4.69) is 16.9 Å². The van der Waals surface area contributed by atoms with Crippen molar-refractivity contribution in [2.75, 3.05) is 0 Å². The molecule has 0 radical (unpaired) electrons. The fourth-order valence-electron chi connectivity index (χ4n) is 1.50. The second kappa shape index (κ2) is 8.17. The lowest BCUT2D eigenvalue weighted by Gasteiger charge is -2.02. The smallest absolute Gasteiger partial charge is 0.200 e. The van der Waals surface area contributed by atoms with Crippen molar-refractivity contribution in [3.8, 4) is 0 Å². The van der Waals surface area contributed by atoms with Crippen LogP contribution in [0.2, 0.25) is 5.02 Å². The van der Waals surface area contributed by atoms with E-state index in [0.29, 0.717) is 5.02 Å². The molecule has 0 bridgehead atoms. The summed E-state index contributed by atoms with van der Waals surface area (Å²) in [5, 5.41) is 4.24. The molecule has 0 unspecified atom stereocenters. The van der Waals surface area contributed by atoms with Gasteiger partial charge in [-0.05, 0) is 37.1 Å². The molecule has 0 aliphatic carbocycles. The zero-order valence-electron chi connectivity index (χ0n) is 11.0. The minimum absolute atomic E-state index is 0.153. The molecular weight excluding hydrogens is 284 g/mol. The Kier molecular flexibility index (Phi) is 6.87. The molecule has 1 aromatic carbocycles. The summed E-state index contributed by atoms with van der Waals surface area (Å²) in [6.45, 7) is 2.15. The third-order valence-corrected chi connectivity index (χ3v) is 4.07. The van der Waals surface area contributed by atoms with Crippen molar-refractivity contribution in [3.63, 3.8) is 0 Å². The fraction of sp³-hybridized carbons (Fsp3) is 0.462. The van der Waals surface area contributed by atoms with Crippen LogP contribution in [-0.4, -0.2) is 14.6 Å². The average molecular weight is 303 g/mol. The van der Waals surface area contributed by atoms with Crippen LogP contribution in [0.5, 0.6) is 0 Å². The molecule has 19 heavy (non-hydrogen) atoms. The maximum atomic E-state index is 11.8. The van der Waals surface area contributed by atoms with Crippen LogP contribution >= 0.6 is 11.6 Å². The topological polar surface area (TPSA) is 58.5 Å². The lowest BCUT2D eigenvalue weighted by Crippen LogP contribution is -2.18. The molecular formula is C13H19ClN2O2S. The van der Waals surface area contributed by atoms with Gasteiger partial charge in [0.25, 0.3) is 10.0 Å². The van der Waals surface area contributed by atoms with Gasteiger partial charge in [0.15, 0.2) is 0 Å². The van der Waals surface area contributed by atoms with Crippen molar-refractivity contribution < 1.29 is 8.42 Å². The van der Waals surface area contributed by atoms with Crippen molar-refractivity contribution >= 4 is 27.8 Å². The van der Waals surface area contributed by atoms with Crippen LogP contribution in [0.3, 0.4) is 0 Å². The summed E-state index contributed by atoms with van der Waals surface area (Å²) >= 11 is 5.70. The third kappa shape index (κ3) is 6.07. The number of nitrogens with zero attached hydrogens (tertiary/aromatic N) is 1. The number of halogens is 1. The van der Waals surface area contributed by atoms with E-state index in [0.717, 1.165) is 19.3 Å². The highest BCUT2D eigenvalue weighted by molar-refractivity contribution is 7.89. The molecule has 6 heteroatoms. The van der Waals surface area contributed by atoms with Crippen molar-refractivity contribution in [2.45, 2.75) is 43.9 Å². The highest BCUT2D eigenvalue weighted by atomic mass is 35.5. The van der Waals surface area contributed by atoms with Crippen LogP contribution in [0.1, 0.15) is 39.0 Å². The molecule has 0 saturated carbocycles. The van der Waals surface area contributed by atoms with Gasteiger partial charge in [-0.3, -0.25) is 0 Å². The van der Waals surface area contributed by atoms with Gasteiger partial charge in [0.05, 0.1) is 4.90 Å². The Morgan fingerprint density at radius 2 is 1.89 bits per heavy atom. The lowest BCUT2D eigenvalue weighted by atomic mass is 10.2. The number of rotatable bonds is 8. The molecule has 0 aromatic heterocycles. The van der Waals surface area contributed by atoms with E-state index < -0.39 is 10.0 Å². The molecule has 1 aromatic rings. The molecule has 106 valence electrons. The Morgan fingerprint density at radius 1 is 1.21 bits per heavy atom. The predicted molar refractivity (Wildman–Crippen MR) is 79.0 cm³/mol. The minimum Gasteiger partial charge on any atom is -0.200 e. The zero-order chi connectivity index (χ0) is 14.1. The first-order valence-corrected chi connectivity index (χ1v) is 8.21. The van der Waals surface area contributed by atoms with Crippen molar-refractivity contribution in [1.29, 1.82) is 0 Å². The molecule has 0 fully saturated rings. The number of sulfonamides is 1. The first-order valence-electron chi connectivity index (χ1n) is 6.35. The second-order valence-corrected chi connectivity index (χ2v) is 6.31. The van der Waals surface area contributed by atoms with Gasteiger partial charge in [-0.25, -0.2) is 4.83 Å². The van der Waals surface area contributed by atoms with Gasteiger partial charge in [-0.1, -0.05) is 37.8 Å². The summed E-state index contributed by atoms with van der Waals surface area (Å²) in [5.74, 6) is 0. The van der Waals surface area contributed by atoms with Crippen molar-refractivity contribution in [3.05, 3.63) is 29.3 Å². The number of benzene rings is 1. The minimum atomic E-state index is -3.58. The monoisotopic (exact) mass is 302 g/mol. The van der Waals surface area contributed by atoms with E-state index in [9.17, 15) is 8.42 Å². The molecule has 4 nitrogen and oxygen atoms in total. The lowest BCUT2D eigenvalue weighted by molar-refractivity contribution is 0.584. The zero-order valence-corrected chi connectivity index (χ0v) is 12.5. The quantitative estimate of drug-likeness (QED) is 0.453. The van der Waals surface area contributed by atoms with Crippen LogP contribution in [-0.2, 0) is 10.0 Å². The molecule has 0 spiro atoms. The van der Waals surface area contributed by atoms with Crippen LogP contribution in [0.15, 0.2) is 34.3 Å². The number of unbranched alkanes of at least 4 members (excludes halogenated alkanes) is 4. The maximum absolute atomic E-state index is 11.8. The molecule has 0 heterocycles. The molecule has 0 aliphatic rings. The number of nitrogens with one attached hydrogen (secondary N) is 1. The van der Waals surface area contributed by atoms with Gasteiger partial charge >= 0.3 is 0 Å². The van der Waals surface area contributed by atoms with Gasteiger partial charge in [0.1, 0.15) is 0 Å². The standard InChI is InChI=1S/C13H19ClN2O2S/c1-2-3-4-5-6-11-15-16-19(17,18)13-9-7-12(14)8-10-13/h7-11,16H,2-6H2,1H3. The van der Waals surface area contributed by atoms with E-state index in [-0.39, 0.29) is 4.90 Å². The van der Waals surface area contributed by atoms with Gasteiger partial charge in [-0.15, -0.1) is 0 Å². The number of hydrogen-bond acceptors (Lipinski definition) is 3. The summed E-state index contributed by atoms with van der Waals surface area (Å²) < 4.78 is 23.6. The van der Waals surface area contributed by atoms with E-state index in [1.807, 2.05) is 0 Å². The van der Waals surface area contributed by atoms with Gasteiger partial charge in [0, 0.05) is 11.2 Å². The van der Waals surface area contributed by atoms with E-state index >= 15 is 0 Å². The molecule has 0 aliphatic heterocycles. The molecule has 1 N–H and O–H groups in total. The summed E-state index contributed by atoms with van der Waals surface area (Å²) in [6, 6.07) is 5.96. The van der Waals surface area contributed by atoms with Gasteiger partial charge in [0.2, 0.25) is 0 Å². The highest BCUT2D eigenvalue weighted by Crippen LogP contribution is 2.13. The summed E-state index contributed by atoms with van der Waals surface area (Å²) in [4.78, 5) is 2.34. The largest absolute Gasteiger partial charge is 0.276 e. The second-order valence-electron chi connectivity index (χ2n) is 4.21. The normalized spacial score (nSPS) is 11.9. The van der Waals surface area contributed by atoms with E-state index in [1.54, 1.807) is 6.21 Å². The van der Waals surface area contributed by atoms with Gasteiger partial charge in [-0.2, -0.15) is 13.5 Å². The maximum Gasteiger partial charge on any atom is 0.276 e. The van der Waals surface area contributed by atoms with E-state index in [4.69, 9.17) is 11.6 Å². The first kappa shape index (κ1) is 16.0. The summed E-state index contributed by atoms with van der Waals surface area (Å²) in [7, 11) is -3.58.